The van der Waals surface area contributed by atoms with E-state index in [0.29, 0.717) is 24.4 Å². The van der Waals surface area contributed by atoms with Gasteiger partial charge in [-0.3, -0.25) is 9.69 Å². The summed E-state index contributed by atoms with van der Waals surface area (Å²) in [7, 11) is 0. The number of carbonyl (C=O) groups is 1. The minimum absolute atomic E-state index is 0.0301. The predicted molar refractivity (Wildman–Crippen MR) is 105 cm³/mol. The van der Waals surface area contributed by atoms with Crippen LogP contribution in [0.5, 0.6) is 0 Å². The lowest BCUT2D eigenvalue weighted by Gasteiger charge is -2.29. The number of benzene rings is 1. The average Bonchev–Trinajstić information content (AvgIpc) is 3.30. The Hall–Kier alpha value is -1.43. The van der Waals surface area contributed by atoms with Crippen molar-refractivity contribution in [2.45, 2.75) is 44.8 Å². The molecule has 3 heterocycles. The maximum Gasteiger partial charge on any atom is 0.224 e. The Labute approximate surface area is 162 Å². The molecule has 2 bridgehead atoms. The van der Waals surface area contributed by atoms with Gasteiger partial charge < -0.3 is 14.8 Å². The molecule has 0 saturated carbocycles. The summed E-state index contributed by atoms with van der Waals surface area (Å²) in [4.78, 5) is 15.0. The Morgan fingerprint density at radius 3 is 3.07 bits per heavy atom. The molecule has 4 atom stereocenters. The second kappa shape index (κ2) is 7.90. The monoisotopic (exact) mass is 372 g/mol. The second-order valence-corrected chi connectivity index (χ2v) is 8.37. The Kier molecular flexibility index (Phi) is 5.53. The molecule has 3 aliphatic heterocycles. The van der Waals surface area contributed by atoms with Crippen LogP contribution >= 0.6 is 0 Å². The smallest absolute Gasteiger partial charge is 0.224 e. The molecule has 1 amide bonds. The zero-order valence-electron chi connectivity index (χ0n) is 16.6. The number of hydrogen-bond donors (Lipinski definition) is 1. The average molecular weight is 373 g/mol. The first-order chi connectivity index (χ1) is 13.1. The fourth-order valence-corrected chi connectivity index (χ4v) is 5.34. The van der Waals surface area contributed by atoms with Crippen LogP contribution in [0.3, 0.4) is 0 Å². The molecule has 1 aromatic rings. The molecule has 0 unspecified atom stereocenters. The van der Waals surface area contributed by atoms with Crippen molar-refractivity contribution in [3.05, 3.63) is 35.4 Å². The van der Waals surface area contributed by atoms with Gasteiger partial charge in [-0.15, -0.1) is 0 Å². The molecule has 1 aromatic carbocycles. The Balaban J connectivity index is 1.32. The van der Waals surface area contributed by atoms with Gasteiger partial charge in [0, 0.05) is 44.6 Å². The summed E-state index contributed by atoms with van der Waals surface area (Å²) in [6, 6.07) is 8.11. The highest BCUT2D eigenvalue weighted by Crippen LogP contribution is 2.54. The standard InChI is InChI=1S/C22H32N2O3/c1-3-26-11-10-24-14-19-18(20-8-9-22(19,15-24)27-20)13-23-21(25)12-17-7-5-4-6-16(17)2/h4-7,18-20H,3,8-15H2,1-2H3,(H,23,25)/t18-,19+,20+,22+/m0/s1. The number of nitrogens with zero attached hydrogens (tertiary/aromatic N) is 1. The van der Waals surface area contributed by atoms with E-state index in [1.807, 2.05) is 25.1 Å². The number of nitrogens with one attached hydrogen (secondary N) is 1. The zero-order valence-corrected chi connectivity index (χ0v) is 16.6. The zero-order chi connectivity index (χ0) is 18.9. The van der Waals surface area contributed by atoms with E-state index in [2.05, 4.69) is 23.2 Å². The Morgan fingerprint density at radius 2 is 2.26 bits per heavy atom. The number of likely N-dealkylation sites (tertiary alicyclic amines) is 1. The van der Waals surface area contributed by atoms with Crippen LogP contribution in [0.4, 0.5) is 0 Å². The normalized spacial score (nSPS) is 32.0. The summed E-state index contributed by atoms with van der Waals surface area (Å²) in [5.41, 5.74) is 2.32. The lowest BCUT2D eigenvalue weighted by molar-refractivity contribution is -0.120. The Morgan fingerprint density at radius 1 is 1.41 bits per heavy atom. The van der Waals surface area contributed by atoms with Gasteiger partial charge in [-0.05, 0) is 37.8 Å². The van der Waals surface area contributed by atoms with Gasteiger partial charge in [0.05, 0.1) is 24.7 Å². The third kappa shape index (κ3) is 3.78. The molecular weight excluding hydrogens is 340 g/mol. The van der Waals surface area contributed by atoms with Crippen LogP contribution in [-0.4, -0.2) is 61.9 Å². The Bertz CT molecular complexity index is 679. The maximum absolute atomic E-state index is 12.5. The number of aryl methyl sites for hydroxylation is 1. The van der Waals surface area contributed by atoms with E-state index in [4.69, 9.17) is 9.47 Å². The summed E-state index contributed by atoms with van der Waals surface area (Å²) in [5, 5.41) is 3.20. The van der Waals surface area contributed by atoms with Gasteiger partial charge in [0.15, 0.2) is 0 Å². The molecule has 148 valence electrons. The van der Waals surface area contributed by atoms with Crippen LogP contribution in [0.2, 0.25) is 0 Å². The van der Waals surface area contributed by atoms with Crippen molar-refractivity contribution in [3.63, 3.8) is 0 Å². The van der Waals surface area contributed by atoms with Crippen LogP contribution in [0.1, 0.15) is 30.9 Å². The largest absolute Gasteiger partial charge is 0.380 e. The van der Waals surface area contributed by atoms with Gasteiger partial charge in [0.2, 0.25) is 5.91 Å². The van der Waals surface area contributed by atoms with E-state index in [9.17, 15) is 4.79 Å². The minimum Gasteiger partial charge on any atom is -0.380 e. The van der Waals surface area contributed by atoms with Crippen molar-refractivity contribution in [2.24, 2.45) is 11.8 Å². The number of carbonyl (C=O) groups excluding carboxylic acids is 1. The van der Waals surface area contributed by atoms with Gasteiger partial charge in [0.25, 0.3) is 0 Å². The van der Waals surface area contributed by atoms with E-state index in [1.54, 1.807) is 0 Å². The topological polar surface area (TPSA) is 50.8 Å². The number of fused-ring (bicyclic) bond motifs is 1. The minimum atomic E-state index is 0.0301. The molecule has 4 rings (SSSR count). The highest BCUT2D eigenvalue weighted by atomic mass is 16.5. The molecule has 3 fully saturated rings. The SMILES string of the molecule is CCOCCN1C[C@@H]2[C@H](CNC(=O)Cc3ccccc3C)[C@H]3CC[C@]2(C1)O3. The first-order valence-corrected chi connectivity index (χ1v) is 10.4. The molecule has 1 spiro atoms. The first-order valence-electron chi connectivity index (χ1n) is 10.4. The van der Waals surface area contributed by atoms with Gasteiger partial charge in [-0.1, -0.05) is 24.3 Å². The molecule has 0 aromatic heterocycles. The van der Waals surface area contributed by atoms with Crippen LogP contribution in [0, 0.1) is 18.8 Å². The second-order valence-electron chi connectivity index (χ2n) is 8.37. The van der Waals surface area contributed by atoms with Crippen molar-refractivity contribution < 1.29 is 14.3 Å². The van der Waals surface area contributed by atoms with Crippen molar-refractivity contribution in [3.8, 4) is 0 Å². The highest BCUT2D eigenvalue weighted by molar-refractivity contribution is 5.78. The van der Waals surface area contributed by atoms with E-state index < -0.39 is 0 Å². The molecule has 5 heteroatoms. The maximum atomic E-state index is 12.5. The van der Waals surface area contributed by atoms with Crippen LogP contribution in [0.15, 0.2) is 24.3 Å². The van der Waals surface area contributed by atoms with Crippen LogP contribution < -0.4 is 5.32 Å². The van der Waals surface area contributed by atoms with Gasteiger partial charge in [0.1, 0.15) is 0 Å². The molecular formula is C22H32N2O3. The van der Waals surface area contributed by atoms with Crippen molar-refractivity contribution in [1.82, 2.24) is 10.2 Å². The summed E-state index contributed by atoms with van der Waals surface area (Å²) >= 11 is 0. The molecule has 27 heavy (non-hydrogen) atoms. The van der Waals surface area contributed by atoms with E-state index in [1.165, 1.54) is 12.0 Å². The summed E-state index contributed by atoms with van der Waals surface area (Å²) in [6.45, 7) is 9.48. The molecule has 3 saturated heterocycles. The van der Waals surface area contributed by atoms with Gasteiger partial charge in [-0.25, -0.2) is 0 Å². The van der Waals surface area contributed by atoms with Crippen LogP contribution in [0.25, 0.3) is 0 Å². The van der Waals surface area contributed by atoms with Crippen molar-refractivity contribution >= 4 is 5.91 Å². The first kappa shape index (κ1) is 18.9. The third-order valence-corrected chi connectivity index (χ3v) is 6.76. The predicted octanol–water partition coefficient (Wildman–Crippen LogP) is 2.17. The quantitative estimate of drug-likeness (QED) is 0.711. The number of hydrogen-bond acceptors (Lipinski definition) is 4. The van der Waals surface area contributed by atoms with Crippen molar-refractivity contribution in [1.29, 1.82) is 0 Å². The molecule has 3 aliphatic rings. The van der Waals surface area contributed by atoms with E-state index in [0.717, 1.165) is 51.4 Å². The third-order valence-electron chi connectivity index (χ3n) is 6.76. The lowest BCUT2D eigenvalue weighted by atomic mass is 9.73. The van der Waals surface area contributed by atoms with E-state index >= 15 is 0 Å². The molecule has 1 N–H and O–H groups in total. The number of ether oxygens (including phenoxy) is 2. The molecule has 0 aliphatic carbocycles. The summed E-state index contributed by atoms with van der Waals surface area (Å²) in [5.74, 6) is 1.10. The number of amides is 1. The fraction of sp³-hybridized carbons (Fsp3) is 0.682. The fourth-order valence-electron chi connectivity index (χ4n) is 5.34. The summed E-state index contributed by atoms with van der Waals surface area (Å²) < 4.78 is 12.0. The molecule has 0 radical (unpaired) electrons. The molecule has 5 nitrogen and oxygen atoms in total. The number of rotatable bonds is 8. The lowest BCUT2D eigenvalue weighted by Crippen LogP contribution is -2.42. The van der Waals surface area contributed by atoms with E-state index in [-0.39, 0.29) is 11.5 Å². The summed E-state index contributed by atoms with van der Waals surface area (Å²) in [6.07, 6.45) is 3.08. The highest BCUT2D eigenvalue weighted by Gasteiger charge is 2.62. The van der Waals surface area contributed by atoms with Gasteiger partial charge in [-0.2, -0.15) is 0 Å². The van der Waals surface area contributed by atoms with Crippen molar-refractivity contribution in [2.75, 3.05) is 39.4 Å². The van der Waals surface area contributed by atoms with Gasteiger partial charge >= 0.3 is 0 Å². The van der Waals surface area contributed by atoms with Crippen LogP contribution in [-0.2, 0) is 20.7 Å².